The van der Waals surface area contributed by atoms with Gasteiger partial charge in [-0.05, 0) is 42.3 Å². The Morgan fingerprint density at radius 3 is 2.43 bits per heavy atom. The lowest BCUT2D eigenvalue weighted by Crippen LogP contribution is -1.97. The lowest BCUT2D eigenvalue weighted by atomic mass is 10.0. The van der Waals surface area contributed by atoms with Crippen LogP contribution in [-0.4, -0.2) is 0 Å². The fourth-order valence-electron chi connectivity index (χ4n) is 2.77. The number of ether oxygens (including phenoxy) is 1. The summed E-state index contributed by atoms with van der Waals surface area (Å²) in [4.78, 5) is 0. The van der Waals surface area contributed by atoms with E-state index in [0.29, 0.717) is 28.0 Å². The number of allylic oxidation sites excluding steroid dienone is 1. The normalized spacial score (nSPS) is 11.2. The molecule has 5 heteroatoms. The molecule has 0 aromatic heterocycles. The molecule has 3 aromatic carbocycles. The highest BCUT2D eigenvalue weighted by Crippen LogP contribution is 2.36. The number of aryl methyl sites for hydroxylation is 1. The van der Waals surface area contributed by atoms with Gasteiger partial charge in [-0.2, -0.15) is 5.26 Å². The molecule has 0 unspecified atom stereocenters. The third-order valence-corrected chi connectivity index (χ3v) is 4.64. The van der Waals surface area contributed by atoms with E-state index in [1.165, 1.54) is 6.07 Å². The van der Waals surface area contributed by atoms with E-state index < -0.39 is 5.82 Å². The first-order valence-electron chi connectivity index (χ1n) is 8.52. The third-order valence-electron chi connectivity index (χ3n) is 4.08. The number of rotatable bonds is 5. The van der Waals surface area contributed by atoms with Crippen molar-refractivity contribution >= 4 is 34.9 Å². The van der Waals surface area contributed by atoms with Gasteiger partial charge in [0.1, 0.15) is 12.4 Å². The maximum Gasteiger partial charge on any atom is 0.157 e. The fourth-order valence-corrected chi connectivity index (χ4v) is 3.39. The van der Waals surface area contributed by atoms with Crippen LogP contribution in [0.5, 0.6) is 5.75 Å². The summed E-state index contributed by atoms with van der Waals surface area (Å²) in [6, 6.07) is 19.3. The molecule has 0 amide bonds. The molecule has 0 atom stereocenters. The van der Waals surface area contributed by atoms with Gasteiger partial charge in [0.2, 0.25) is 0 Å². The second-order valence-corrected chi connectivity index (χ2v) is 7.06. The summed E-state index contributed by atoms with van der Waals surface area (Å²) in [5, 5.41) is 10.0. The molecule has 0 saturated heterocycles. The molecule has 0 aliphatic heterocycles. The van der Waals surface area contributed by atoms with E-state index >= 15 is 0 Å². The van der Waals surface area contributed by atoms with Crippen LogP contribution in [0.15, 0.2) is 60.7 Å². The van der Waals surface area contributed by atoms with Crippen LogP contribution in [0.1, 0.15) is 22.3 Å². The van der Waals surface area contributed by atoms with Crippen molar-refractivity contribution in [2.45, 2.75) is 13.5 Å². The monoisotopic (exact) mass is 411 g/mol. The van der Waals surface area contributed by atoms with Crippen LogP contribution < -0.4 is 4.74 Å². The van der Waals surface area contributed by atoms with E-state index in [9.17, 15) is 9.65 Å². The predicted molar refractivity (Wildman–Crippen MR) is 112 cm³/mol. The zero-order chi connectivity index (χ0) is 20.1. The van der Waals surface area contributed by atoms with E-state index in [1.807, 2.05) is 37.3 Å². The molecule has 2 nitrogen and oxygen atoms in total. The molecule has 0 aliphatic carbocycles. The van der Waals surface area contributed by atoms with E-state index in [-0.39, 0.29) is 11.1 Å². The second kappa shape index (κ2) is 8.93. The summed E-state index contributed by atoms with van der Waals surface area (Å²) in [6.07, 6.45) is 1.54. The maximum atomic E-state index is 14.0. The molecule has 0 aliphatic rings. The van der Waals surface area contributed by atoms with Gasteiger partial charge in [-0.25, -0.2) is 4.39 Å². The lowest BCUT2D eigenvalue weighted by Gasteiger charge is -2.11. The van der Waals surface area contributed by atoms with Gasteiger partial charge < -0.3 is 4.74 Å². The van der Waals surface area contributed by atoms with Crippen LogP contribution in [0, 0.1) is 24.1 Å². The average molecular weight is 412 g/mol. The zero-order valence-corrected chi connectivity index (χ0v) is 16.6. The maximum absolute atomic E-state index is 14.0. The van der Waals surface area contributed by atoms with Gasteiger partial charge in [-0.15, -0.1) is 0 Å². The average Bonchev–Trinajstić information content (AvgIpc) is 2.66. The first-order valence-corrected chi connectivity index (χ1v) is 9.27. The molecule has 3 rings (SSSR count). The van der Waals surface area contributed by atoms with Gasteiger partial charge in [0.25, 0.3) is 0 Å². The smallest absolute Gasteiger partial charge is 0.157 e. The summed E-state index contributed by atoms with van der Waals surface area (Å²) in [5.41, 5.74) is 3.12. The summed E-state index contributed by atoms with van der Waals surface area (Å²) in [6.45, 7) is 2.34. The van der Waals surface area contributed by atoms with Crippen LogP contribution in [0.3, 0.4) is 0 Å². The van der Waals surface area contributed by atoms with Crippen molar-refractivity contribution in [3.8, 4) is 11.8 Å². The number of benzene rings is 3. The van der Waals surface area contributed by atoms with Crippen LogP contribution in [0.25, 0.3) is 11.6 Å². The van der Waals surface area contributed by atoms with Gasteiger partial charge in [0, 0.05) is 5.56 Å². The Labute approximate surface area is 173 Å². The molecule has 0 spiro atoms. The SMILES string of the molecule is Cc1cccc(COc2c(Cl)cc(C=C(C#N)c3ccccc3F)cc2Cl)c1. The molecule has 0 saturated carbocycles. The molecule has 0 heterocycles. The van der Waals surface area contributed by atoms with Crippen molar-refractivity contribution in [2.24, 2.45) is 0 Å². The molecule has 28 heavy (non-hydrogen) atoms. The van der Waals surface area contributed by atoms with E-state index in [0.717, 1.165) is 11.1 Å². The summed E-state index contributed by atoms with van der Waals surface area (Å²) >= 11 is 12.7. The molecular weight excluding hydrogens is 396 g/mol. The molecule has 3 aromatic rings. The highest BCUT2D eigenvalue weighted by atomic mass is 35.5. The molecular formula is C23H16Cl2FNO. The van der Waals surface area contributed by atoms with Crippen LogP contribution in [-0.2, 0) is 6.61 Å². The minimum atomic E-state index is -0.467. The first-order chi connectivity index (χ1) is 13.5. The number of nitrogens with zero attached hydrogens (tertiary/aromatic N) is 1. The number of nitriles is 1. The number of halogens is 3. The third kappa shape index (κ3) is 4.72. The van der Waals surface area contributed by atoms with Crippen LogP contribution >= 0.6 is 23.2 Å². The van der Waals surface area contributed by atoms with Gasteiger partial charge in [0.05, 0.1) is 21.7 Å². The van der Waals surface area contributed by atoms with Crippen molar-refractivity contribution in [3.63, 3.8) is 0 Å². The van der Waals surface area contributed by atoms with Gasteiger partial charge in [0.15, 0.2) is 5.75 Å². The highest BCUT2D eigenvalue weighted by Gasteiger charge is 2.12. The quantitative estimate of drug-likeness (QED) is 0.331. The minimum Gasteiger partial charge on any atom is -0.486 e. The Bertz CT molecular complexity index is 1060. The standard InChI is InChI=1S/C23H16Cl2FNO/c1-15-5-4-6-16(9-15)14-28-23-20(24)11-17(12-21(23)25)10-18(13-27)19-7-2-3-8-22(19)26/h2-12H,14H2,1H3. The molecule has 0 N–H and O–H groups in total. The Morgan fingerprint density at radius 1 is 1.07 bits per heavy atom. The van der Waals surface area contributed by atoms with E-state index in [4.69, 9.17) is 27.9 Å². The summed E-state index contributed by atoms with van der Waals surface area (Å²) in [5.74, 6) is -0.100. The predicted octanol–water partition coefficient (Wildman–Crippen LogP) is 7.08. The largest absolute Gasteiger partial charge is 0.486 e. The van der Waals surface area contributed by atoms with Crippen molar-refractivity contribution in [2.75, 3.05) is 0 Å². The minimum absolute atomic E-state index is 0.179. The van der Waals surface area contributed by atoms with Gasteiger partial charge in [-0.3, -0.25) is 0 Å². The Hall–Kier alpha value is -2.80. The number of hydrogen-bond acceptors (Lipinski definition) is 2. The van der Waals surface area contributed by atoms with Crippen molar-refractivity contribution in [1.82, 2.24) is 0 Å². The first kappa shape index (κ1) is 19.9. The Balaban J connectivity index is 1.87. The molecule has 0 radical (unpaired) electrons. The zero-order valence-electron chi connectivity index (χ0n) is 15.0. The van der Waals surface area contributed by atoms with Crippen LogP contribution in [0.2, 0.25) is 10.0 Å². The Kier molecular flexibility index (Phi) is 6.36. The second-order valence-electron chi connectivity index (χ2n) is 6.24. The van der Waals surface area contributed by atoms with Gasteiger partial charge >= 0.3 is 0 Å². The fraction of sp³-hybridized carbons (Fsp3) is 0.0870. The van der Waals surface area contributed by atoms with Crippen LogP contribution in [0.4, 0.5) is 4.39 Å². The lowest BCUT2D eigenvalue weighted by molar-refractivity contribution is 0.306. The summed E-state index contributed by atoms with van der Waals surface area (Å²) < 4.78 is 19.8. The number of hydrogen-bond donors (Lipinski definition) is 0. The van der Waals surface area contributed by atoms with Crippen molar-refractivity contribution < 1.29 is 9.13 Å². The van der Waals surface area contributed by atoms with Crippen molar-refractivity contribution in [1.29, 1.82) is 5.26 Å². The van der Waals surface area contributed by atoms with Crippen molar-refractivity contribution in [3.05, 3.63) is 98.8 Å². The van der Waals surface area contributed by atoms with E-state index in [1.54, 1.807) is 36.4 Å². The summed E-state index contributed by atoms with van der Waals surface area (Å²) in [7, 11) is 0. The van der Waals surface area contributed by atoms with Gasteiger partial charge in [-0.1, -0.05) is 71.2 Å². The highest BCUT2D eigenvalue weighted by molar-refractivity contribution is 6.37. The van der Waals surface area contributed by atoms with E-state index in [2.05, 4.69) is 0 Å². The molecule has 140 valence electrons. The Morgan fingerprint density at radius 2 is 1.79 bits per heavy atom. The topological polar surface area (TPSA) is 33.0 Å². The molecule has 0 fully saturated rings. The molecule has 0 bridgehead atoms.